The SMILES string of the molecule is Cc1ccc(CS(=O)(=O)Nc2cc(C(F)(F)F)c(C#N)cc2N)cc1. The van der Waals surface area contributed by atoms with Crippen LogP contribution >= 0.6 is 0 Å². The van der Waals surface area contributed by atoms with Crippen molar-refractivity contribution in [3.05, 3.63) is 58.7 Å². The molecular formula is C16H14F3N3O2S. The first-order valence-electron chi connectivity index (χ1n) is 6.98. The Bertz CT molecular complexity index is 931. The van der Waals surface area contributed by atoms with Crippen LogP contribution in [0.2, 0.25) is 0 Å². The normalized spacial score (nSPS) is 11.8. The molecule has 132 valence electrons. The zero-order valence-corrected chi connectivity index (χ0v) is 13.9. The van der Waals surface area contributed by atoms with Crippen molar-refractivity contribution in [2.45, 2.75) is 18.9 Å². The van der Waals surface area contributed by atoms with Gasteiger partial charge in [-0.05, 0) is 24.6 Å². The van der Waals surface area contributed by atoms with Gasteiger partial charge < -0.3 is 5.73 Å². The summed E-state index contributed by atoms with van der Waals surface area (Å²) in [6.07, 6.45) is -4.81. The van der Waals surface area contributed by atoms with E-state index in [-0.39, 0.29) is 5.69 Å². The highest BCUT2D eigenvalue weighted by Gasteiger charge is 2.34. The quantitative estimate of drug-likeness (QED) is 0.807. The molecule has 0 radical (unpaired) electrons. The summed E-state index contributed by atoms with van der Waals surface area (Å²) < 4.78 is 65.5. The molecule has 0 saturated heterocycles. The monoisotopic (exact) mass is 369 g/mol. The van der Waals surface area contributed by atoms with E-state index in [0.717, 1.165) is 11.6 Å². The highest BCUT2D eigenvalue weighted by atomic mass is 32.2. The second kappa shape index (κ2) is 6.64. The van der Waals surface area contributed by atoms with E-state index in [9.17, 15) is 21.6 Å². The summed E-state index contributed by atoms with van der Waals surface area (Å²) in [7, 11) is -3.99. The summed E-state index contributed by atoms with van der Waals surface area (Å²) >= 11 is 0. The van der Waals surface area contributed by atoms with Crippen LogP contribution in [-0.2, 0) is 22.0 Å². The number of sulfonamides is 1. The number of nitrogens with one attached hydrogen (secondary N) is 1. The number of nitrogens with two attached hydrogens (primary N) is 1. The lowest BCUT2D eigenvalue weighted by atomic mass is 10.1. The van der Waals surface area contributed by atoms with Crippen molar-refractivity contribution < 1.29 is 21.6 Å². The Labute approximate surface area is 142 Å². The minimum absolute atomic E-state index is 0.267. The fourth-order valence-electron chi connectivity index (χ4n) is 2.14. The van der Waals surface area contributed by atoms with Crippen LogP contribution < -0.4 is 10.5 Å². The van der Waals surface area contributed by atoms with Gasteiger partial charge in [-0.15, -0.1) is 0 Å². The summed E-state index contributed by atoms with van der Waals surface area (Å²) in [6, 6.07) is 9.40. The van der Waals surface area contributed by atoms with Crippen molar-refractivity contribution in [2.75, 3.05) is 10.5 Å². The average molecular weight is 369 g/mol. The Morgan fingerprint density at radius 2 is 1.80 bits per heavy atom. The first-order valence-corrected chi connectivity index (χ1v) is 8.64. The lowest BCUT2D eigenvalue weighted by Gasteiger charge is -2.15. The molecule has 2 aromatic rings. The van der Waals surface area contributed by atoms with Crippen molar-refractivity contribution >= 4 is 21.4 Å². The van der Waals surface area contributed by atoms with Crippen LogP contribution in [-0.4, -0.2) is 8.42 Å². The lowest BCUT2D eigenvalue weighted by Crippen LogP contribution is -2.17. The molecule has 0 bridgehead atoms. The van der Waals surface area contributed by atoms with E-state index < -0.39 is 38.8 Å². The summed E-state index contributed by atoms with van der Waals surface area (Å²) in [6.45, 7) is 1.84. The molecule has 2 aromatic carbocycles. The number of aryl methyl sites for hydroxylation is 1. The Kier molecular flexibility index (Phi) is 4.94. The average Bonchev–Trinajstić information content (AvgIpc) is 2.49. The van der Waals surface area contributed by atoms with Crippen LogP contribution in [0.25, 0.3) is 0 Å². The van der Waals surface area contributed by atoms with Crippen LogP contribution in [0.3, 0.4) is 0 Å². The Morgan fingerprint density at radius 3 is 2.32 bits per heavy atom. The van der Waals surface area contributed by atoms with Gasteiger partial charge in [0.15, 0.2) is 0 Å². The number of nitriles is 1. The van der Waals surface area contributed by atoms with E-state index in [1.54, 1.807) is 24.3 Å². The number of hydrogen-bond donors (Lipinski definition) is 2. The topological polar surface area (TPSA) is 96.0 Å². The number of nitrogen functional groups attached to an aromatic ring is 1. The molecule has 0 aliphatic rings. The van der Waals surface area contributed by atoms with E-state index in [4.69, 9.17) is 11.0 Å². The summed E-state index contributed by atoms with van der Waals surface area (Å²) in [4.78, 5) is 0. The zero-order valence-electron chi connectivity index (χ0n) is 13.1. The summed E-state index contributed by atoms with van der Waals surface area (Å²) in [5.74, 6) is -0.423. The molecular weight excluding hydrogens is 355 g/mol. The van der Waals surface area contributed by atoms with Crippen molar-refractivity contribution in [3.63, 3.8) is 0 Å². The molecule has 0 heterocycles. The van der Waals surface area contributed by atoms with E-state index in [2.05, 4.69) is 4.72 Å². The van der Waals surface area contributed by atoms with Gasteiger partial charge in [0.25, 0.3) is 0 Å². The molecule has 0 amide bonds. The maximum Gasteiger partial charge on any atom is 0.417 e. The van der Waals surface area contributed by atoms with Crippen LogP contribution in [0.4, 0.5) is 24.5 Å². The van der Waals surface area contributed by atoms with Gasteiger partial charge in [0.1, 0.15) is 0 Å². The Hall–Kier alpha value is -2.73. The molecule has 0 fully saturated rings. The molecule has 0 atom stereocenters. The zero-order chi connectivity index (χ0) is 18.8. The summed E-state index contributed by atoms with van der Waals surface area (Å²) in [5, 5.41) is 8.80. The van der Waals surface area contributed by atoms with Crippen LogP contribution in [0.5, 0.6) is 0 Å². The third kappa shape index (κ3) is 4.64. The molecule has 5 nitrogen and oxygen atoms in total. The fraction of sp³-hybridized carbons (Fsp3) is 0.188. The van der Waals surface area contributed by atoms with Gasteiger partial charge in [-0.2, -0.15) is 18.4 Å². The number of anilines is 2. The third-order valence-corrected chi connectivity index (χ3v) is 4.60. The number of hydrogen-bond acceptors (Lipinski definition) is 4. The molecule has 0 aromatic heterocycles. The Balaban J connectivity index is 2.35. The van der Waals surface area contributed by atoms with Gasteiger partial charge in [-0.3, -0.25) is 4.72 Å². The highest BCUT2D eigenvalue weighted by molar-refractivity contribution is 7.91. The maximum atomic E-state index is 13.0. The van der Waals surface area contributed by atoms with Gasteiger partial charge >= 0.3 is 6.18 Å². The molecule has 0 aliphatic heterocycles. The minimum atomic E-state index is -4.81. The van der Waals surface area contributed by atoms with Crippen molar-refractivity contribution in [1.82, 2.24) is 0 Å². The number of nitrogens with zero attached hydrogens (tertiary/aromatic N) is 1. The number of alkyl halides is 3. The maximum absolute atomic E-state index is 13.0. The van der Waals surface area contributed by atoms with Gasteiger partial charge in [0, 0.05) is 0 Å². The van der Waals surface area contributed by atoms with Crippen molar-refractivity contribution in [3.8, 4) is 6.07 Å². The van der Waals surface area contributed by atoms with E-state index in [1.165, 1.54) is 6.07 Å². The minimum Gasteiger partial charge on any atom is -0.397 e. The molecule has 0 saturated carbocycles. The Morgan fingerprint density at radius 1 is 1.20 bits per heavy atom. The molecule has 9 heteroatoms. The molecule has 0 unspecified atom stereocenters. The third-order valence-electron chi connectivity index (χ3n) is 3.36. The number of benzene rings is 2. The van der Waals surface area contributed by atoms with Crippen molar-refractivity contribution in [2.24, 2.45) is 0 Å². The first-order chi connectivity index (χ1) is 11.5. The van der Waals surface area contributed by atoms with Crippen LogP contribution in [0.1, 0.15) is 22.3 Å². The van der Waals surface area contributed by atoms with Gasteiger partial charge in [0.2, 0.25) is 10.0 Å². The fourth-order valence-corrected chi connectivity index (χ4v) is 3.35. The van der Waals surface area contributed by atoms with Gasteiger partial charge in [-0.25, -0.2) is 8.42 Å². The van der Waals surface area contributed by atoms with Gasteiger partial charge in [0.05, 0.1) is 34.3 Å². The van der Waals surface area contributed by atoms with E-state index in [1.807, 2.05) is 6.92 Å². The van der Waals surface area contributed by atoms with Crippen molar-refractivity contribution in [1.29, 1.82) is 5.26 Å². The molecule has 25 heavy (non-hydrogen) atoms. The standard InChI is InChI=1S/C16H14F3N3O2S/c1-10-2-4-11(5-3-10)9-25(23,24)22-15-7-13(16(17,18)19)12(8-20)6-14(15)21/h2-7,22H,9,21H2,1H3. The predicted octanol–water partition coefficient (Wildman–Crippen LogP) is 3.41. The molecule has 3 N–H and O–H groups in total. The second-order valence-corrected chi connectivity index (χ2v) is 7.16. The van der Waals surface area contributed by atoms with Crippen LogP contribution in [0.15, 0.2) is 36.4 Å². The predicted molar refractivity (Wildman–Crippen MR) is 88.0 cm³/mol. The largest absolute Gasteiger partial charge is 0.417 e. The summed E-state index contributed by atoms with van der Waals surface area (Å²) in [5.41, 5.74) is 4.39. The van der Waals surface area contributed by atoms with Crippen LogP contribution in [0, 0.1) is 18.3 Å². The smallest absolute Gasteiger partial charge is 0.397 e. The highest BCUT2D eigenvalue weighted by Crippen LogP contribution is 2.36. The molecule has 0 spiro atoms. The molecule has 2 rings (SSSR count). The lowest BCUT2D eigenvalue weighted by molar-refractivity contribution is -0.137. The first kappa shape index (κ1) is 18.6. The number of halogens is 3. The van der Waals surface area contributed by atoms with Gasteiger partial charge in [-0.1, -0.05) is 29.8 Å². The van der Waals surface area contributed by atoms with E-state index in [0.29, 0.717) is 11.6 Å². The second-order valence-electron chi connectivity index (χ2n) is 5.44. The number of rotatable bonds is 4. The molecule has 0 aliphatic carbocycles. The van der Waals surface area contributed by atoms with E-state index >= 15 is 0 Å².